The van der Waals surface area contributed by atoms with Crippen LogP contribution in [-0.4, -0.2) is 14.1 Å². The zero-order chi connectivity index (χ0) is 8.81. The molecule has 0 fully saturated rings. The minimum atomic E-state index is 0.841. The average Bonchev–Trinajstić information content (AvgIpc) is 2.15. The molecule has 0 unspecified atom stereocenters. The fourth-order valence-electron chi connectivity index (χ4n) is 0.767. The van der Waals surface area contributed by atoms with Crippen LogP contribution >= 0.6 is 12.2 Å². The first-order valence-corrected chi connectivity index (χ1v) is 4.39. The summed E-state index contributed by atoms with van der Waals surface area (Å²) in [4.78, 5) is 0. The molecule has 0 saturated heterocycles. The summed E-state index contributed by atoms with van der Waals surface area (Å²) in [6.45, 7) is 0. The van der Waals surface area contributed by atoms with E-state index in [-0.39, 0.29) is 0 Å². The zero-order valence-corrected chi connectivity index (χ0v) is 7.94. The van der Waals surface area contributed by atoms with Crippen LogP contribution < -0.4 is 14.2 Å². The fraction of sp³-hybridized carbons (Fsp3) is 0.250. The van der Waals surface area contributed by atoms with E-state index in [2.05, 4.69) is 10.0 Å². The molecule has 0 atom stereocenters. The van der Waals surface area contributed by atoms with Crippen molar-refractivity contribution >= 4 is 17.9 Å². The Kier molecular flexibility index (Phi) is 3.76. The molecule has 66 valence electrons. The lowest BCUT2D eigenvalue weighted by Gasteiger charge is -2.03. The van der Waals surface area contributed by atoms with Crippen LogP contribution in [0.25, 0.3) is 0 Å². The van der Waals surface area contributed by atoms with Gasteiger partial charge in [-0.15, -0.1) is 0 Å². The van der Waals surface area contributed by atoms with Gasteiger partial charge >= 0.3 is 0 Å². The standard InChI is InChI=1S/C8H12N2OS/c1-9-7-3-5-8(6-4-7)11-12-10-2/h3-6,9-10H,1-2H3. The van der Waals surface area contributed by atoms with Crippen LogP contribution in [0.4, 0.5) is 5.69 Å². The van der Waals surface area contributed by atoms with Crippen molar-refractivity contribution in [3.63, 3.8) is 0 Å². The molecule has 0 radical (unpaired) electrons. The van der Waals surface area contributed by atoms with Gasteiger partial charge in [0.2, 0.25) is 0 Å². The van der Waals surface area contributed by atoms with Gasteiger partial charge in [-0.25, -0.2) is 4.72 Å². The summed E-state index contributed by atoms with van der Waals surface area (Å²) < 4.78 is 8.06. The van der Waals surface area contributed by atoms with Crippen LogP contribution in [0.2, 0.25) is 0 Å². The van der Waals surface area contributed by atoms with Crippen LogP contribution in [0, 0.1) is 0 Å². The average molecular weight is 184 g/mol. The summed E-state index contributed by atoms with van der Waals surface area (Å²) in [6, 6.07) is 7.75. The second-order valence-corrected chi connectivity index (χ2v) is 2.89. The second kappa shape index (κ2) is 4.90. The Morgan fingerprint density at radius 2 is 1.83 bits per heavy atom. The second-order valence-electron chi connectivity index (χ2n) is 2.15. The largest absolute Gasteiger partial charge is 0.410 e. The number of anilines is 1. The van der Waals surface area contributed by atoms with E-state index in [1.54, 1.807) is 0 Å². The van der Waals surface area contributed by atoms with Crippen molar-refractivity contribution in [3.05, 3.63) is 24.3 Å². The highest BCUT2D eigenvalue weighted by Crippen LogP contribution is 2.17. The smallest absolute Gasteiger partial charge is 0.143 e. The minimum absolute atomic E-state index is 0.841. The summed E-state index contributed by atoms with van der Waals surface area (Å²) in [5.41, 5.74) is 1.08. The maximum Gasteiger partial charge on any atom is 0.143 e. The lowest BCUT2D eigenvalue weighted by Crippen LogP contribution is -1.95. The molecule has 1 rings (SSSR count). The predicted molar refractivity (Wildman–Crippen MR) is 53.3 cm³/mol. The van der Waals surface area contributed by atoms with Gasteiger partial charge < -0.3 is 9.50 Å². The molecule has 0 aliphatic rings. The monoisotopic (exact) mass is 184 g/mol. The van der Waals surface area contributed by atoms with E-state index in [0.717, 1.165) is 11.4 Å². The summed E-state index contributed by atoms with van der Waals surface area (Å²) in [7, 11) is 3.70. The van der Waals surface area contributed by atoms with Gasteiger partial charge in [0.05, 0.1) is 0 Å². The highest BCUT2D eigenvalue weighted by molar-refractivity contribution is 7.93. The molecule has 0 heterocycles. The van der Waals surface area contributed by atoms with Crippen LogP contribution in [0.3, 0.4) is 0 Å². The first-order valence-electron chi connectivity index (χ1n) is 3.65. The van der Waals surface area contributed by atoms with E-state index in [9.17, 15) is 0 Å². The van der Waals surface area contributed by atoms with E-state index < -0.39 is 0 Å². The molecular weight excluding hydrogens is 172 g/mol. The van der Waals surface area contributed by atoms with Crippen LogP contribution in [0.5, 0.6) is 5.75 Å². The number of hydrogen-bond acceptors (Lipinski definition) is 4. The van der Waals surface area contributed by atoms with Crippen molar-refractivity contribution in [1.29, 1.82) is 0 Å². The van der Waals surface area contributed by atoms with E-state index >= 15 is 0 Å². The van der Waals surface area contributed by atoms with E-state index in [0.29, 0.717) is 0 Å². The molecule has 4 heteroatoms. The lowest BCUT2D eigenvalue weighted by molar-refractivity contribution is 0.640. The van der Waals surface area contributed by atoms with Crippen LogP contribution in [-0.2, 0) is 0 Å². The Morgan fingerprint density at radius 1 is 1.17 bits per heavy atom. The van der Waals surface area contributed by atoms with Gasteiger partial charge in [-0.2, -0.15) is 0 Å². The summed E-state index contributed by atoms with van der Waals surface area (Å²) in [6.07, 6.45) is 0. The SMILES string of the molecule is CNSOc1ccc(NC)cc1. The molecule has 2 N–H and O–H groups in total. The van der Waals surface area contributed by atoms with Crippen molar-refractivity contribution in [3.8, 4) is 5.75 Å². The summed E-state index contributed by atoms with van der Waals surface area (Å²) in [5, 5.41) is 3.03. The Bertz CT molecular complexity index is 225. The van der Waals surface area contributed by atoms with Gasteiger partial charge in [0.1, 0.15) is 18.0 Å². The summed E-state index contributed by atoms with van der Waals surface area (Å²) in [5.74, 6) is 0.841. The van der Waals surface area contributed by atoms with Crippen molar-refractivity contribution in [2.75, 3.05) is 19.4 Å². The highest BCUT2D eigenvalue weighted by atomic mass is 32.2. The molecule has 0 aliphatic carbocycles. The Hall–Kier alpha value is -0.870. The number of benzene rings is 1. The Balaban J connectivity index is 2.53. The molecule has 12 heavy (non-hydrogen) atoms. The maximum atomic E-state index is 5.23. The molecule has 0 amide bonds. The summed E-state index contributed by atoms with van der Waals surface area (Å²) >= 11 is 1.20. The number of nitrogens with one attached hydrogen (secondary N) is 2. The van der Waals surface area contributed by atoms with Gasteiger partial charge in [0.25, 0.3) is 0 Å². The topological polar surface area (TPSA) is 33.3 Å². The van der Waals surface area contributed by atoms with Crippen molar-refractivity contribution in [2.24, 2.45) is 0 Å². The first kappa shape index (κ1) is 9.22. The van der Waals surface area contributed by atoms with Gasteiger partial charge in [0, 0.05) is 12.7 Å². The minimum Gasteiger partial charge on any atom is -0.410 e. The normalized spacial score (nSPS) is 9.50. The molecule has 0 saturated carbocycles. The van der Waals surface area contributed by atoms with Crippen molar-refractivity contribution < 1.29 is 4.18 Å². The highest BCUT2D eigenvalue weighted by Gasteiger charge is 1.92. The van der Waals surface area contributed by atoms with E-state index in [1.165, 1.54) is 12.2 Å². The molecule has 0 bridgehead atoms. The third kappa shape index (κ3) is 2.64. The maximum absolute atomic E-state index is 5.23. The quantitative estimate of drug-likeness (QED) is 0.553. The van der Waals surface area contributed by atoms with Gasteiger partial charge in [-0.1, -0.05) is 0 Å². The zero-order valence-electron chi connectivity index (χ0n) is 7.13. The molecule has 0 aliphatic heterocycles. The van der Waals surface area contributed by atoms with E-state index in [4.69, 9.17) is 4.18 Å². The number of hydrogen-bond donors (Lipinski definition) is 2. The lowest BCUT2D eigenvalue weighted by atomic mass is 10.3. The first-order chi connectivity index (χ1) is 5.86. The van der Waals surface area contributed by atoms with Gasteiger partial charge in [0.15, 0.2) is 0 Å². The third-order valence-electron chi connectivity index (χ3n) is 1.36. The molecule has 1 aromatic carbocycles. The van der Waals surface area contributed by atoms with Gasteiger partial charge in [-0.05, 0) is 31.3 Å². The van der Waals surface area contributed by atoms with Crippen LogP contribution in [0.1, 0.15) is 0 Å². The number of rotatable bonds is 4. The molecule has 1 aromatic rings. The van der Waals surface area contributed by atoms with Crippen molar-refractivity contribution in [2.45, 2.75) is 0 Å². The van der Waals surface area contributed by atoms with Crippen LogP contribution in [0.15, 0.2) is 24.3 Å². The Labute approximate surface area is 76.8 Å². The third-order valence-corrected chi connectivity index (χ3v) is 1.81. The molecule has 0 spiro atoms. The van der Waals surface area contributed by atoms with Crippen molar-refractivity contribution in [1.82, 2.24) is 4.72 Å². The van der Waals surface area contributed by atoms with E-state index in [1.807, 2.05) is 38.4 Å². The fourth-order valence-corrected chi connectivity index (χ4v) is 1.06. The van der Waals surface area contributed by atoms with Gasteiger partial charge in [-0.3, -0.25) is 0 Å². The molecule has 3 nitrogen and oxygen atoms in total. The predicted octanol–water partition coefficient (Wildman–Crippen LogP) is 1.89. The molecular formula is C8H12N2OS. The molecule has 0 aromatic heterocycles. The Morgan fingerprint density at radius 3 is 2.33 bits per heavy atom.